The minimum atomic E-state index is -0.773. The Balaban J connectivity index is 1.88. The van der Waals surface area contributed by atoms with Gasteiger partial charge in [0.2, 0.25) is 0 Å². The van der Waals surface area contributed by atoms with E-state index >= 15 is 0 Å². The van der Waals surface area contributed by atoms with Crippen LogP contribution in [0.25, 0.3) is 0 Å². The molecule has 1 aromatic carbocycles. The predicted octanol–water partition coefficient (Wildman–Crippen LogP) is 3.70. The van der Waals surface area contributed by atoms with E-state index in [0.717, 1.165) is 9.35 Å². The monoisotopic (exact) mass is 416 g/mol. The largest absolute Gasteiger partial charge is 0.481 e. The third kappa shape index (κ3) is 4.95. The van der Waals surface area contributed by atoms with E-state index in [1.807, 2.05) is 6.92 Å². The van der Waals surface area contributed by atoms with Crippen LogP contribution in [0, 0.1) is 6.92 Å². The number of nitrogens with one attached hydrogen (secondary N) is 2. The quantitative estimate of drug-likeness (QED) is 0.745. The number of rotatable bonds is 4. The third-order valence-corrected chi connectivity index (χ3v) is 4.76. The van der Waals surface area contributed by atoms with Crippen molar-refractivity contribution in [1.29, 1.82) is 0 Å². The fraction of sp³-hybridized carbons (Fsp3) is 0.200. The molecule has 122 valence electrons. The highest BCUT2D eigenvalue weighted by atomic mass is 79.9. The van der Waals surface area contributed by atoms with Gasteiger partial charge in [-0.25, -0.2) is 0 Å². The molecule has 0 aliphatic rings. The lowest BCUT2D eigenvalue weighted by Crippen LogP contribution is -2.47. The summed E-state index contributed by atoms with van der Waals surface area (Å²) >= 11 is 10.4. The summed E-state index contributed by atoms with van der Waals surface area (Å²) in [5.74, 6) is -0.280. The Hall–Kier alpha value is -1.57. The molecule has 2 rings (SSSR count). The van der Waals surface area contributed by atoms with E-state index in [9.17, 15) is 9.59 Å². The lowest BCUT2D eigenvalue weighted by molar-refractivity contribution is -0.128. The first-order chi connectivity index (χ1) is 10.9. The van der Waals surface area contributed by atoms with Gasteiger partial charge in [-0.3, -0.25) is 20.4 Å². The molecular formula is C15H14BrClN2O3S. The van der Waals surface area contributed by atoms with Gasteiger partial charge in [-0.2, -0.15) is 0 Å². The van der Waals surface area contributed by atoms with Crippen LogP contribution < -0.4 is 15.6 Å². The standard InChI is InChI=1S/C15H14BrClN2O3S/c1-8-7-10(17)3-4-11(8)22-9(2)14(20)18-19-15(21)12-5-6-13(16)23-12/h3-7,9H,1-2H3,(H,18,20)(H,19,21). The number of thiophene rings is 1. The number of ether oxygens (including phenoxy) is 1. The molecule has 1 aromatic heterocycles. The van der Waals surface area contributed by atoms with Crippen LogP contribution in [0.1, 0.15) is 22.2 Å². The van der Waals surface area contributed by atoms with Crippen LogP contribution in [0.15, 0.2) is 34.1 Å². The predicted molar refractivity (Wildman–Crippen MR) is 93.9 cm³/mol. The van der Waals surface area contributed by atoms with Crippen molar-refractivity contribution in [2.24, 2.45) is 0 Å². The zero-order valence-electron chi connectivity index (χ0n) is 12.4. The van der Waals surface area contributed by atoms with Gasteiger partial charge in [0.15, 0.2) is 6.10 Å². The fourth-order valence-electron chi connectivity index (χ4n) is 1.71. The first-order valence-corrected chi connectivity index (χ1v) is 8.64. The molecule has 0 bridgehead atoms. The smallest absolute Gasteiger partial charge is 0.279 e. The molecule has 0 aliphatic heterocycles. The molecule has 1 unspecified atom stereocenters. The summed E-state index contributed by atoms with van der Waals surface area (Å²) in [6.45, 7) is 3.43. The number of halogens is 2. The van der Waals surface area contributed by atoms with E-state index in [-0.39, 0.29) is 5.91 Å². The van der Waals surface area contributed by atoms with Crippen LogP contribution in [0.3, 0.4) is 0 Å². The van der Waals surface area contributed by atoms with E-state index in [4.69, 9.17) is 16.3 Å². The molecule has 5 nitrogen and oxygen atoms in total. The van der Waals surface area contributed by atoms with Crippen LogP contribution in [-0.4, -0.2) is 17.9 Å². The summed E-state index contributed by atoms with van der Waals surface area (Å²) in [5.41, 5.74) is 5.52. The zero-order valence-corrected chi connectivity index (χ0v) is 15.5. The Morgan fingerprint density at radius 2 is 2.00 bits per heavy atom. The number of hydrogen-bond donors (Lipinski definition) is 2. The Kier molecular flexibility index (Phi) is 6.04. The first-order valence-electron chi connectivity index (χ1n) is 6.65. The van der Waals surface area contributed by atoms with Gasteiger partial charge in [0.25, 0.3) is 11.8 Å². The SMILES string of the molecule is Cc1cc(Cl)ccc1OC(C)C(=O)NNC(=O)c1ccc(Br)s1. The summed E-state index contributed by atoms with van der Waals surface area (Å²) in [5, 5.41) is 0.598. The van der Waals surface area contributed by atoms with Gasteiger partial charge < -0.3 is 4.74 Å². The van der Waals surface area contributed by atoms with Crippen molar-refractivity contribution in [2.75, 3.05) is 0 Å². The summed E-state index contributed by atoms with van der Waals surface area (Å²) in [4.78, 5) is 24.3. The second-order valence-electron chi connectivity index (χ2n) is 4.72. The normalized spacial score (nSPS) is 11.7. The van der Waals surface area contributed by atoms with Crippen LogP contribution in [0.4, 0.5) is 0 Å². The van der Waals surface area contributed by atoms with Crippen molar-refractivity contribution >= 4 is 50.7 Å². The highest BCUT2D eigenvalue weighted by Gasteiger charge is 2.17. The molecule has 2 amide bonds. The number of hydrazine groups is 1. The number of carbonyl (C=O) groups excluding carboxylic acids is 2. The highest BCUT2D eigenvalue weighted by Crippen LogP contribution is 2.23. The average Bonchev–Trinajstić information content (AvgIpc) is 2.93. The second kappa shape index (κ2) is 7.81. The van der Waals surface area contributed by atoms with Crippen molar-refractivity contribution in [3.63, 3.8) is 0 Å². The Morgan fingerprint density at radius 3 is 2.61 bits per heavy atom. The summed E-state index contributed by atoms with van der Waals surface area (Å²) < 4.78 is 6.41. The van der Waals surface area contributed by atoms with E-state index in [1.54, 1.807) is 37.3 Å². The molecule has 8 heteroatoms. The van der Waals surface area contributed by atoms with Gasteiger partial charge in [-0.05, 0) is 65.7 Å². The van der Waals surface area contributed by atoms with E-state index in [1.165, 1.54) is 11.3 Å². The highest BCUT2D eigenvalue weighted by molar-refractivity contribution is 9.11. The minimum absolute atomic E-state index is 0.385. The number of benzene rings is 1. The fourth-order valence-corrected chi connectivity index (χ4v) is 3.21. The number of hydrogen-bond acceptors (Lipinski definition) is 4. The molecule has 0 aliphatic carbocycles. The van der Waals surface area contributed by atoms with Crippen LogP contribution in [0.5, 0.6) is 5.75 Å². The Morgan fingerprint density at radius 1 is 1.26 bits per heavy atom. The molecule has 0 saturated heterocycles. The van der Waals surface area contributed by atoms with E-state index < -0.39 is 12.0 Å². The zero-order chi connectivity index (χ0) is 17.0. The number of carbonyl (C=O) groups is 2. The van der Waals surface area contributed by atoms with Crippen molar-refractivity contribution < 1.29 is 14.3 Å². The molecule has 0 radical (unpaired) electrons. The van der Waals surface area contributed by atoms with Crippen molar-refractivity contribution in [1.82, 2.24) is 10.9 Å². The van der Waals surface area contributed by atoms with Gasteiger partial charge in [-0.1, -0.05) is 11.6 Å². The molecule has 1 atom stereocenters. The van der Waals surface area contributed by atoms with Crippen LogP contribution in [0.2, 0.25) is 5.02 Å². The molecule has 2 N–H and O–H groups in total. The van der Waals surface area contributed by atoms with E-state index in [2.05, 4.69) is 26.8 Å². The van der Waals surface area contributed by atoms with Crippen molar-refractivity contribution in [3.8, 4) is 5.75 Å². The van der Waals surface area contributed by atoms with Crippen LogP contribution in [-0.2, 0) is 4.79 Å². The van der Waals surface area contributed by atoms with Crippen molar-refractivity contribution in [2.45, 2.75) is 20.0 Å². The first kappa shape index (κ1) is 17.8. The number of aryl methyl sites for hydroxylation is 1. The molecule has 23 heavy (non-hydrogen) atoms. The second-order valence-corrected chi connectivity index (χ2v) is 7.62. The lowest BCUT2D eigenvalue weighted by Gasteiger charge is -2.16. The summed E-state index contributed by atoms with van der Waals surface area (Å²) in [7, 11) is 0. The molecular weight excluding hydrogens is 404 g/mol. The Labute approximate surface area is 151 Å². The van der Waals surface area contributed by atoms with Gasteiger partial charge >= 0.3 is 0 Å². The minimum Gasteiger partial charge on any atom is -0.481 e. The van der Waals surface area contributed by atoms with Gasteiger partial charge in [-0.15, -0.1) is 11.3 Å². The maximum atomic E-state index is 12.0. The lowest BCUT2D eigenvalue weighted by atomic mass is 10.2. The van der Waals surface area contributed by atoms with Crippen LogP contribution >= 0.6 is 38.9 Å². The number of amides is 2. The van der Waals surface area contributed by atoms with Crippen molar-refractivity contribution in [3.05, 3.63) is 49.6 Å². The Bertz CT molecular complexity index is 735. The molecule has 0 spiro atoms. The molecule has 0 saturated carbocycles. The molecule has 1 heterocycles. The maximum absolute atomic E-state index is 12.0. The maximum Gasteiger partial charge on any atom is 0.279 e. The summed E-state index contributed by atoms with van der Waals surface area (Å²) in [6, 6.07) is 8.55. The molecule has 0 fully saturated rings. The molecule has 2 aromatic rings. The van der Waals surface area contributed by atoms with Gasteiger partial charge in [0, 0.05) is 5.02 Å². The van der Waals surface area contributed by atoms with E-state index in [0.29, 0.717) is 15.6 Å². The average molecular weight is 418 g/mol. The topological polar surface area (TPSA) is 67.4 Å². The van der Waals surface area contributed by atoms with Gasteiger partial charge in [0.1, 0.15) is 5.75 Å². The van der Waals surface area contributed by atoms with Gasteiger partial charge in [0.05, 0.1) is 8.66 Å². The summed E-state index contributed by atoms with van der Waals surface area (Å²) in [6.07, 6.45) is -0.773. The third-order valence-electron chi connectivity index (χ3n) is 2.91.